The number of benzene rings is 2. The van der Waals surface area contributed by atoms with Gasteiger partial charge in [0.05, 0.1) is 11.1 Å². The Morgan fingerprint density at radius 3 is 2.59 bits per heavy atom. The second-order valence-corrected chi connectivity index (χ2v) is 6.42. The molecular formula is C21H13N3O5. The van der Waals surface area contributed by atoms with Crippen molar-refractivity contribution in [1.29, 1.82) is 0 Å². The van der Waals surface area contributed by atoms with Crippen LogP contribution in [0.25, 0.3) is 0 Å². The summed E-state index contributed by atoms with van der Waals surface area (Å²) in [6.45, 7) is 0.139. The number of nitrogens with one attached hydrogen (secondary N) is 1. The first-order valence-electron chi connectivity index (χ1n) is 8.77. The summed E-state index contributed by atoms with van der Waals surface area (Å²) < 4.78 is 10.5. The van der Waals surface area contributed by atoms with Crippen LogP contribution in [0.1, 0.15) is 31.1 Å². The number of fused-ring (bicyclic) bond motifs is 2. The molecule has 1 N–H and O–H groups in total. The van der Waals surface area contributed by atoms with E-state index >= 15 is 0 Å². The predicted molar refractivity (Wildman–Crippen MR) is 102 cm³/mol. The third-order valence-corrected chi connectivity index (χ3v) is 4.66. The summed E-state index contributed by atoms with van der Waals surface area (Å²) in [4.78, 5) is 43.1. The summed E-state index contributed by atoms with van der Waals surface area (Å²) in [6, 6.07) is 14.4. The largest absolute Gasteiger partial charge is 0.454 e. The molecule has 3 amide bonds. The Morgan fingerprint density at radius 2 is 1.76 bits per heavy atom. The zero-order valence-corrected chi connectivity index (χ0v) is 14.9. The Hall–Kier alpha value is -4.20. The lowest BCUT2D eigenvalue weighted by molar-refractivity contribution is 0.0924. The molecule has 1 aromatic heterocycles. The van der Waals surface area contributed by atoms with E-state index in [0.717, 1.165) is 4.90 Å². The average Bonchev–Trinajstić information content (AvgIpc) is 3.31. The highest BCUT2D eigenvalue weighted by Gasteiger charge is 2.37. The molecule has 2 aliphatic heterocycles. The van der Waals surface area contributed by atoms with Gasteiger partial charge in [-0.2, -0.15) is 0 Å². The molecule has 5 rings (SSSR count). The number of imide groups is 1. The van der Waals surface area contributed by atoms with E-state index < -0.39 is 17.7 Å². The molecule has 0 saturated heterocycles. The summed E-state index contributed by atoms with van der Waals surface area (Å²) >= 11 is 0. The van der Waals surface area contributed by atoms with Crippen molar-refractivity contribution in [3.63, 3.8) is 0 Å². The number of anilines is 2. The third-order valence-electron chi connectivity index (χ3n) is 4.66. The molecule has 0 radical (unpaired) electrons. The molecule has 29 heavy (non-hydrogen) atoms. The predicted octanol–water partition coefficient (Wildman–Crippen LogP) is 2.86. The van der Waals surface area contributed by atoms with E-state index in [1.807, 2.05) is 0 Å². The number of rotatable bonds is 3. The number of carbonyl (C=O) groups excluding carboxylic acids is 3. The monoisotopic (exact) mass is 387 g/mol. The second kappa shape index (κ2) is 6.45. The molecule has 0 fully saturated rings. The summed E-state index contributed by atoms with van der Waals surface area (Å²) in [5.41, 5.74) is 1.18. The van der Waals surface area contributed by atoms with Gasteiger partial charge in [0.25, 0.3) is 17.7 Å². The first-order valence-corrected chi connectivity index (χ1v) is 8.77. The van der Waals surface area contributed by atoms with Crippen molar-refractivity contribution < 1.29 is 23.9 Å². The van der Waals surface area contributed by atoms with Crippen LogP contribution in [0, 0.1) is 0 Å². The zero-order chi connectivity index (χ0) is 20.0. The highest BCUT2D eigenvalue weighted by atomic mass is 16.7. The molecule has 3 heterocycles. The number of hydrogen-bond donors (Lipinski definition) is 1. The number of amides is 3. The molecule has 8 heteroatoms. The summed E-state index contributed by atoms with van der Waals surface area (Å²) in [7, 11) is 0. The molecular weight excluding hydrogens is 374 g/mol. The third kappa shape index (κ3) is 2.78. The van der Waals surface area contributed by atoms with Crippen LogP contribution in [0.4, 0.5) is 11.5 Å². The van der Waals surface area contributed by atoms with Gasteiger partial charge in [-0.25, -0.2) is 9.88 Å². The first-order chi connectivity index (χ1) is 14.1. The van der Waals surface area contributed by atoms with E-state index in [1.54, 1.807) is 36.4 Å². The molecule has 0 aliphatic carbocycles. The van der Waals surface area contributed by atoms with Crippen molar-refractivity contribution >= 4 is 29.2 Å². The van der Waals surface area contributed by atoms with E-state index in [0.29, 0.717) is 17.2 Å². The van der Waals surface area contributed by atoms with Gasteiger partial charge in [0.2, 0.25) is 6.79 Å². The van der Waals surface area contributed by atoms with E-state index in [2.05, 4.69) is 10.3 Å². The summed E-state index contributed by atoms with van der Waals surface area (Å²) in [5, 5.41) is 2.75. The Labute approximate surface area is 164 Å². The fourth-order valence-electron chi connectivity index (χ4n) is 3.25. The van der Waals surface area contributed by atoms with Crippen LogP contribution in [-0.2, 0) is 0 Å². The molecule has 142 valence electrons. The van der Waals surface area contributed by atoms with Gasteiger partial charge in [-0.1, -0.05) is 6.07 Å². The molecule has 0 unspecified atom stereocenters. The van der Waals surface area contributed by atoms with E-state index in [4.69, 9.17) is 9.47 Å². The van der Waals surface area contributed by atoms with Gasteiger partial charge in [-0.15, -0.1) is 0 Å². The Morgan fingerprint density at radius 1 is 0.931 bits per heavy atom. The Kier molecular flexibility index (Phi) is 3.77. The van der Waals surface area contributed by atoms with E-state index in [1.165, 1.54) is 24.4 Å². The van der Waals surface area contributed by atoms with Crippen LogP contribution in [0.5, 0.6) is 11.5 Å². The van der Waals surface area contributed by atoms with Gasteiger partial charge in [-0.3, -0.25) is 14.4 Å². The normalized spacial score (nSPS) is 14.1. The van der Waals surface area contributed by atoms with Crippen LogP contribution in [0.2, 0.25) is 0 Å². The minimum absolute atomic E-state index is 0.139. The molecule has 2 aliphatic rings. The number of carbonyl (C=O) groups is 3. The topological polar surface area (TPSA) is 97.8 Å². The fourth-order valence-corrected chi connectivity index (χ4v) is 3.25. The lowest BCUT2D eigenvalue weighted by Gasteiger charge is -2.11. The van der Waals surface area contributed by atoms with Crippen LogP contribution in [0.15, 0.2) is 60.8 Å². The molecule has 3 aromatic rings. The smallest absolute Gasteiger partial charge is 0.267 e. The molecule has 2 aromatic carbocycles. The fraction of sp³-hybridized carbons (Fsp3) is 0.0476. The molecule has 0 spiro atoms. The lowest BCUT2D eigenvalue weighted by Crippen LogP contribution is -2.30. The number of ether oxygens (including phenoxy) is 2. The molecule has 8 nitrogen and oxygen atoms in total. The van der Waals surface area contributed by atoms with Gasteiger partial charge >= 0.3 is 0 Å². The second-order valence-electron chi connectivity index (χ2n) is 6.42. The maximum Gasteiger partial charge on any atom is 0.267 e. The average molecular weight is 387 g/mol. The van der Waals surface area contributed by atoms with E-state index in [9.17, 15) is 14.4 Å². The zero-order valence-electron chi connectivity index (χ0n) is 14.9. The Bertz CT molecular complexity index is 1180. The van der Waals surface area contributed by atoms with Crippen LogP contribution in [-0.4, -0.2) is 29.5 Å². The lowest BCUT2D eigenvalue weighted by atomic mass is 10.1. The van der Waals surface area contributed by atoms with Crippen molar-refractivity contribution in [2.75, 3.05) is 17.0 Å². The van der Waals surface area contributed by atoms with Gasteiger partial charge in [0.1, 0.15) is 5.82 Å². The maximum absolute atomic E-state index is 12.8. The van der Waals surface area contributed by atoms with Crippen molar-refractivity contribution in [1.82, 2.24) is 4.98 Å². The number of nitrogens with zero attached hydrogens (tertiary/aromatic N) is 2. The maximum atomic E-state index is 12.8. The Balaban J connectivity index is 1.42. The van der Waals surface area contributed by atoms with Crippen LogP contribution < -0.4 is 19.7 Å². The molecule has 0 atom stereocenters. The number of aromatic nitrogens is 1. The van der Waals surface area contributed by atoms with Crippen LogP contribution in [0.3, 0.4) is 0 Å². The number of hydrogen-bond acceptors (Lipinski definition) is 6. The van der Waals surface area contributed by atoms with E-state index in [-0.39, 0.29) is 29.3 Å². The summed E-state index contributed by atoms with van der Waals surface area (Å²) in [5.74, 6) is 0.00361. The van der Waals surface area contributed by atoms with Gasteiger partial charge in [0, 0.05) is 23.5 Å². The van der Waals surface area contributed by atoms with Gasteiger partial charge < -0.3 is 14.8 Å². The highest BCUT2D eigenvalue weighted by molar-refractivity contribution is 6.34. The van der Waals surface area contributed by atoms with Crippen molar-refractivity contribution in [3.05, 3.63) is 77.5 Å². The number of pyridine rings is 1. The minimum atomic E-state index is -0.513. The quantitative estimate of drug-likeness (QED) is 0.694. The van der Waals surface area contributed by atoms with Gasteiger partial charge in [0.15, 0.2) is 11.5 Å². The van der Waals surface area contributed by atoms with Crippen molar-refractivity contribution in [2.24, 2.45) is 0 Å². The van der Waals surface area contributed by atoms with Crippen molar-refractivity contribution in [2.45, 2.75) is 0 Å². The van der Waals surface area contributed by atoms with Crippen LogP contribution >= 0.6 is 0 Å². The molecule has 0 bridgehead atoms. The van der Waals surface area contributed by atoms with Crippen molar-refractivity contribution in [3.8, 4) is 11.5 Å². The molecule has 0 saturated carbocycles. The summed E-state index contributed by atoms with van der Waals surface area (Å²) in [6.07, 6.45) is 1.50. The first kappa shape index (κ1) is 16.9. The standard InChI is InChI=1S/C21H13N3O5/c25-19(23-13-5-7-16-17(10-13)29-11-28-16)12-4-6-14-15(9-12)21(27)24(20(14)26)18-3-1-2-8-22-18/h1-10H,11H2,(H,23,25). The minimum Gasteiger partial charge on any atom is -0.454 e. The van der Waals surface area contributed by atoms with Gasteiger partial charge in [-0.05, 0) is 42.5 Å². The SMILES string of the molecule is O=C(Nc1ccc2c(c1)OCO2)c1ccc2c(c1)C(=O)N(c1ccccn1)C2=O. The highest BCUT2D eigenvalue weighted by Crippen LogP contribution is 2.34.